The molecule has 0 aromatic carbocycles. The standard InChI is InChI=1S/C15H21ClO3/c1-13(2)7-9(17)6-10-12(18)19-14(3)4-5-15(10,13)8-11(14)16/h10-11H,4-8H2,1-3H3/t10-,11+,14-,15-/m1/s1. The number of carbonyl (C=O) groups is 2. The Kier molecular flexibility index (Phi) is 2.65. The van der Waals surface area contributed by atoms with Crippen LogP contribution >= 0.6 is 11.6 Å². The van der Waals surface area contributed by atoms with E-state index in [9.17, 15) is 9.59 Å². The van der Waals surface area contributed by atoms with Gasteiger partial charge in [0.1, 0.15) is 11.4 Å². The lowest BCUT2D eigenvalue weighted by Crippen LogP contribution is -2.54. The molecule has 1 spiro atoms. The van der Waals surface area contributed by atoms with Crippen LogP contribution in [0.4, 0.5) is 0 Å². The highest BCUT2D eigenvalue weighted by atomic mass is 35.5. The number of ketones is 1. The number of rotatable bonds is 0. The van der Waals surface area contributed by atoms with Gasteiger partial charge in [0.15, 0.2) is 0 Å². The largest absolute Gasteiger partial charge is 0.458 e. The minimum atomic E-state index is -0.555. The Morgan fingerprint density at radius 1 is 1.21 bits per heavy atom. The number of alkyl halides is 1. The molecule has 106 valence electrons. The normalized spacial score (nSPS) is 48.4. The van der Waals surface area contributed by atoms with Crippen molar-refractivity contribution in [3.05, 3.63) is 0 Å². The molecule has 19 heavy (non-hydrogen) atoms. The molecule has 2 aliphatic carbocycles. The van der Waals surface area contributed by atoms with Gasteiger partial charge in [-0.2, -0.15) is 0 Å². The van der Waals surface area contributed by atoms with Crippen LogP contribution in [-0.4, -0.2) is 22.7 Å². The van der Waals surface area contributed by atoms with Gasteiger partial charge in [-0.1, -0.05) is 13.8 Å². The third-order valence-electron chi connectivity index (χ3n) is 5.98. The molecular weight excluding hydrogens is 264 g/mol. The second kappa shape index (κ2) is 3.75. The molecule has 4 fully saturated rings. The number of ether oxygens (including phenoxy) is 1. The molecule has 2 saturated heterocycles. The quantitative estimate of drug-likeness (QED) is 0.507. The summed E-state index contributed by atoms with van der Waals surface area (Å²) in [5, 5.41) is -0.150. The van der Waals surface area contributed by atoms with E-state index in [2.05, 4.69) is 13.8 Å². The lowest BCUT2D eigenvalue weighted by Gasteiger charge is -2.55. The average molecular weight is 285 g/mol. The summed E-state index contributed by atoms with van der Waals surface area (Å²) in [6.45, 7) is 6.16. The van der Waals surface area contributed by atoms with E-state index in [-0.39, 0.29) is 33.9 Å². The monoisotopic (exact) mass is 284 g/mol. The van der Waals surface area contributed by atoms with Crippen molar-refractivity contribution in [1.82, 2.24) is 0 Å². The van der Waals surface area contributed by atoms with Crippen LogP contribution in [0.15, 0.2) is 0 Å². The Labute approximate surface area is 119 Å². The molecule has 0 aromatic rings. The van der Waals surface area contributed by atoms with E-state index >= 15 is 0 Å². The van der Waals surface area contributed by atoms with E-state index in [1.807, 2.05) is 6.92 Å². The lowest BCUT2D eigenvalue weighted by atomic mass is 9.47. The molecule has 0 amide bonds. The zero-order valence-corrected chi connectivity index (χ0v) is 12.5. The van der Waals surface area contributed by atoms with E-state index in [4.69, 9.17) is 16.3 Å². The van der Waals surface area contributed by atoms with Crippen molar-refractivity contribution in [3.63, 3.8) is 0 Å². The van der Waals surface area contributed by atoms with Crippen molar-refractivity contribution in [2.24, 2.45) is 16.7 Å². The van der Waals surface area contributed by atoms with Crippen LogP contribution in [0.25, 0.3) is 0 Å². The first kappa shape index (κ1) is 13.4. The van der Waals surface area contributed by atoms with E-state index in [0.717, 1.165) is 19.3 Å². The van der Waals surface area contributed by atoms with Crippen molar-refractivity contribution < 1.29 is 14.3 Å². The number of Topliss-reactive ketones (excluding diaryl/α,β-unsaturated/α-hetero) is 1. The molecule has 4 heteroatoms. The molecule has 4 aliphatic rings. The van der Waals surface area contributed by atoms with Crippen molar-refractivity contribution in [2.75, 3.05) is 0 Å². The van der Waals surface area contributed by atoms with Gasteiger partial charge < -0.3 is 4.74 Å². The second-order valence-corrected chi connectivity index (χ2v) is 7.94. The van der Waals surface area contributed by atoms with Crippen LogP contribution in [-0.2, 0) is 14.3 Å². The number of hydrogen-bond donors (Lipinski definition) is 0. The van der Waals surface area contributed by atoms with Crippen LogP contribution in [0, 0.1) is 16.7 Å². The summed E-state index contributed by atoms with van der Waals surface area (Å²) in [5.74, 6) is -0.321. The first-order valence-electron chi connectivity index (χ1n) is 7.09. The van der Waals surface area contributed by atoms with Crippen LogP contribution < -0.4 is 0 Å². The van der Waals surface area contributed by atoms with Crippen LogP contribution in [0.1, 0.15) is 52.9 Å². The highest BCUT2D eigenvalue weighted by molar-refractivity contribution is 6.21. The van der Waals surface area contributed by atoms with Gasteiger partial charge in [-0.25, -0.2) is 0 Å². The maximum atomic E-state index is 12.5. The maximum absolute atomic E-state index is 12.5. The van der Waals surface area contributed by atoms with Crippen molar-refractivity contribution >= 4 is 23.4 Å². The third-order valence-corrected chi connectivity index (χ3v) is 6.59. The number of carbonyl (C=O) groups excluding carboxylic acids is 2. The predicted octanol–water partition coefficient (Wildman–Crippen LogP) is 3.08. The Balaban J connectivity index is 2.13. The maximum Gasteiger partial charge on any atom is 0.310 e. The molecule has 4 atom stereocenters. The Hall–Kier alpha value is -0.570. The lowest BCUT2D eigenvalue weighted by molar-refractivity contribution is -0.165. The van der Waals surface area contributed by atoms with Gasteiger partial charge in [0, 0.05) is 12.8 Å². The number of hydrogen-bond acceptors (Lipinski definition) is 3. The first-order valence-corrected chi connectivity index (χ1v) is 7.52. The molecule has 0 N–H and O–H groups in total. The van der Waals surface area contributed by atoms with Crippen LogP contribution in [0.5, 0.6) is 0 Å². The van der Waals surface area contributed by atoms with Crippen molar-refractivity contribution in [1.29, 1.82) is 0 Å². The highest BCUT2D eigenvalue weighted by Gasteiger charge is 2.65. The minimum absolute atomic E-state index is 0.150. The molecule has 3 nitrogen and oxygen atoms in total. The summed E-state index contributed by atoms with van der Waals surface area (Å²) in [4.78, 5) is 24.4. The fraction of sp³-hybridized carbons (Fsp3) is 0.867. The number of fused-ring (bicyclic) bond motifs is 3. The van der Waals surface area contributed by atoms with Gasteiger partial charge in [0.2, 0.25) is 0 Å². The molecule has 2 heterocycles. The predicted molar refractivity (Wildman–Crippen MR) is 71.9 cm³/mol. The summed E-state index contributed by atoms with van der Waals surface area (Å²) >= 11 is 6.54. The second-order valence-electron chi connectivity index (χ2n) is 7.42. The SMILES string of the molecule is CC1(C)CC(=O)C[C@@H]2C(=O)O[C@]3(C)CC[C@@]21C[C@@H]3Cl. The smallest absolute Gasteiger partial charge is 0.310 e. The molecule has 2 saturated carbocycles. The highest BCUT2D eigenvalue weighted by Crippen LogP contribution is 2.64. The van der Waals surface area contributed by atoms with Gasteiger partial charge in [0.05, 0.1) is 11.3 Å². The van der Waals surface area contributed by atoms with E-state index in [1.165, 1.54) is 0 Å². The number of esters is 1. The molecule has 0 unspecified atom stereocenters. The molecule has 4 rings (SSSR count). The summed E-state index contributed by atoms with van der Waals surface area (Å²) in [6, 6.07) is 0. The zero-order chi connectivity index (χ0) is 14.1. The van der Waals surface area contributed by atoms with Gasteiger partial charge in [-0.05, 0) is 37.0 Å². The third kappa shape index (κ3) is 1.63. The molecule has 0 aromatic heterocycles. The van der Waals surface area contributed by atoms with E-state index in [1.54, 1.807) is 0 Å². The zero-order valence-electron chi connectivity index (χ0n) is 11.8. The summed E-state index contributed by atoms with van der Waals surface area (Å²) < 4.78 is 5.68. The fourth-order valence-corrected chi connectivity index (χ4v) is 4.99. The average Bonchev–Trinajstić information content (AvgIpc) is 2.42. The molecule has 2 bridgehead atoms. The van der Waals surface area contributed by atoms with Gasteiger partial charge in [0.25, 0.3) is 0 Å². The van der Waals surface area contributed by atoms with E-state index in [0.29, 0.717) is 12.8 Å². The van der Waals surface area contributed by atoms with Gasteiger partial charge in [-0.3, -0.25) is 9.59 Å². The van der Waals surface area contributed by atoms with E-state index < -0.39 is 5.60 Å². The van der Waals surface area contributed by atoms with Crippen LogP contribution in [0.2, 0.25) is 0 Å². The summed E-state index contributed by atoms with van der Waals surface area (Å²) in [7, 11) is 0. The van der Waals surface area contributed by atoms with Crippen molar-refractivity contribution in [2.45, 2.75) is 63.9 Å². The van der Waals surface area contributed by atoms with Gasteiger partial charge in [-0.15, -0.1) is 11.6 Å². The summed E-state index contributed by atoms with van der Waals surface area (Å²) in [6.07, 6.45) is 3.41. The fourth-order valence-electron chi connectivity index (χ4n) is 4.56. The summed E-state index contributed by atoms with van der Waals surface area (Å²) in [5.41, 5.74) is -0.897. The van der Waals surface area contributed by atoms with Crippen LogP contribution in [0.3, 0.4) is 0 Å². The minimum Gasteiger partial charge on any atom is -0.458 e. The molecule has 2 aliphatic heterocycles. The topological polar surface area (TPSA) is 43.4 Å². The molecule has 0 radical (unpaired) electrons. The molecular formula is C15H21ClO3. The van der Waals surface area contributed by atoms with Gasteiger partial charge >= 0.3 is 5.97 Å². The Bertz CT molecular complexity index is 458. The Morgan fingerprint density at radius 2 is 1.89 bits per heavy atom. The van der Waals surface area contributed by atoms with Crippen molar-refractivity contribution in [3.8, 4) is 0 Å². The number of halogens is 1. The first-order chi connectivity index (χ1) is 8.70. The Morgan fingerprint density at radius 3 is 2.53 bits per heavy atom.